The average molecular weight is 191 g/mol. The number of benzene rings is 1. The van der Waals surface area contributed by atoms with Crippen molar-refractivity contribution >= 4 is 6.08 Å². The summed E-state index contributed by atoms with van der Waals surface area (Å²) < 4.78 is 5.41. The molecule has 0 aliphatic heterocycles. The lowest BCUT2D eigenvalue weighted by Crippen LogP contribution is -1.94. The second-order valence-corrected chi connectivity index (χ2v) is 2.90. The van der Waals surface area contributed by atoms with Crippen LogP contribution in [0.1, 0.15) is 18.9 Å². The highest BCUT2D eigenvalue weighted by Crippen LogP contribution is 2.12. The molecule has 0 bridgehead atoms. The maximum absolute atomic E-state index is 9.87. The van der Waals surface area contributed by atoms with Gasteiger partial charge in [-0.25, -0.2) is 9.79 Å². The minimum Gasteiger partial charge on any atom is -0.494 e. The zero-order valence-corrected chi connectivity index (χ0v) is 8.19. The van der Waals surface area contributed by atoms with E-state index in [1.165, 1.54) is 6.08 Å². The lowest BCUT2D eigenvalue weighted by Gasteiger charge is -2.04. The van der Waals surface area contributed by atoms with Crippen LogP contribution in [0.5, 0.6) is 5.75 Å². The van der Waals surface area contributed by atoms with Crippen LogP contribution in [0.15, 0.2) is 29.3 Å². The van der Waals surface area contributed by atoms with Crippen LogP contribution < -0.4 is 4.74 Å². The average Bonchev–Trinajstić information content (AvgIpc) is 2.25. The first-order chi connectivity index (χ1) is 6.86. The van der Waals surface area contributed by atoms with Crippen LogP contribution in [0, 0.1) is 0 Å². The molecule has 1 aromatic rings. The third-order valence-electron chi connectivity index (χ3n) is 1.72. The van der Waals surface area contributed by atoms with Gasteiger partial charge in [-0.2, -0.15) is 0 Å². The van der Waals surface area contributed by atoms with Crippen molar-refractivity contribution in [2.45, 2.75) is 19.9 Å². The quantitative estimate of drug-likeness (QED) is 0.529. The summed E-state index contributed by atoms with van der Waals surface area (Å²) in [5.74, 6) is 0.852. The maximum atomic E-state index is 9.87. The van der Waals surface area contributed by atoms with E-state index in [0.29, 0.717) is 6.54 Å². The van der Waals surface area contributed by atoms with Crippen molar-refractivity contribution in [1.82, 2.24) is 0 Å². The molecule has 0 saturated heterocycles. The Morgan fingerprint density at radius 3 is 2.64 bits per heavy atom. The zero-order valence-electron chi connectivity index (χ0n) is 8.19. The van der Waals surface area contributed by atoms with Crippen LogP contribution in [0.4, 0.5) is 0 Å². The Labute approximate surface area is 83.4 Å². The van der Waals surface area contributed by atoms with E-state index in [1.54, 1.807) is 0 Å². The smallest absolute Gasteiger partial charge is 0.235 e. The third-order valence-corrected chi connectivity index (χ3v) is 1.72. The van der Waals surface area contributed by atoms with Gasteiger partial charge in [-0.3, -0.25) is 0 Å². The van der Waals surface area contributed by atoms with Gasteiger partial charge in [0.1, 0.15) is 5.75 Å². The molecule has 0 saturated carbocycles. The fraction of sp³-hybridized carbons (Fsp3) is 0.364. The molecule has 0 fully saturated rings. The summed E-state index contributed by atoms with van der Waals surface area (Å²) in [7, 11) is 0. The molecule has 0 aliphatic rings. The summed E-state index contributed by atoms with van der Waals surface area (Å²) in [4.78, 5) is 13.4. The van der Waals surface area contributed by atoms with Crippen LogP contribution >= 0.6 is 0 Å². The second-order valence-electron chi connectivity index (χ2n) is 2.90. The SMILES string of the molecule is CCCOc1ccc(CN=C=O)cc1. The topological polar surface area (TPSA) is 38.7 Å². The highest BCUT2D eigenvalue weighted by atomic mass is 16.5. The number of carbonyl (C=O) groups excluding carboxylic acids is 1. The fourth-order valence-corrected chi connectivity index (χ4v) is 1.03. The van der Waals surface area contributed by atoms with Gasteiger partial charge in [0.25, 0.3) is 0 Å². The largest absolute Gasteiger partial charge is 0.494 e. The van der Waals surface area contributed by atoms with Crippen molar-refractivity contribution in [3.05, 3.63) is 29.8 Å². The molecule has 0 spiro atoms. The molecule has 74 valence electrons. The molecular formula is C11H13NO2. The standard InChI is InChI=1S/C11H13NO2/c1-2-7-14-11-5-3-10(4-6-11)8-12-9-13/h3-6H,2,7-8H2,1H3. The Bertz CT molecular complexity index is 313. The van der Waals surface area contributed by atoms with Gasteiger partial charge in [0.15, 0.2) is 0 Å². The summed E-state index contributed by atoms with van der Waals surface area (Å²) in [6.45, 7) is 3.18. The van der Waals surface area contributed by atoms with Crippen molar-refractivity contribution in [3.63, 3.8) is 0 Å². The molecule has 0 aromatic heterocycles. The number of hydrogen-bond donors (Lipinski definition) is 0. The molecule has 1 aromatic carbocycles. The zero-order chi connectivity index (χ0) is 10.2. The molecule has 0 atom stereocenters. The Hall–Kier alpha value is -1.60. The minimum atomic E-state index is 0.386. The maximum Gasteiger partial charge on any atom is 0.235 e. The first-order valence-corrected chi connectivity index (χ1v) is 4.62. The van der Waals surface area contributed by atoms with Crippen molar-refractivity contribution in [2.24, 2.45) is 4.99 Å². The number of aliphatic imine (C=N–C) groups is 1. The molecule has 0 amide bonds. The molecule has 0 heterocycles. The van der Waals surface area contributed by atoms with Gasteiger partial charge >= 0.3 is 0 Å². The number of nitrogens with zero attached hydrogens (tertiary/aromatic N) is 1. The van der Waals surface area contributed by atoms with Gasteiger partial charge < -0.3 is 4.74 Å². The van der Waals surface area contributed by atoms with E-state index in [4.69, 9.17) is 4.74 Å². The van der Waals surface area contributed by atoms with E-state index in [1.807, 2.05) is 24.3 Å². The molecular weight excluding hydrogens is 178 g/mol. The van der Waals surface area contributed by atoms with Crippen molar-refractivity contribution in [2.75, 3.05) is 6.61 Å². The van der Waals surface area contributed by atoms with Gasteiger partial charge in [0.05, 0.1) is 13.2 Å². The van der Waals surface area contributed by atoms with E-state index in [2.05, 4.69) is 11.9 Å². The van der Waals surface area contributed by atoms with Gasteiger partial charge in [0.2, 0.25) is 6.08 Å². The summed E-state index contributed by atoms with van der Waals surface area (Å²) in [6.07, 6.45) is 2.51. The summed E-state index contributed by atoms with van der Waals surface area (Å²) in [5.41, 5.74) is 0.984. The molecule has 3 nitrogen and oxygen atoms in total. The fourth-order valence-electron chi connectivity index (χ4n) is 1.03. The monoisotopic (exact) mass is 191 g/mol. The summed E-state index contributed by atoms with van der Waals surface area (Å²) >= 11 is 0. The Morgan fingerprint density at radius 1 is 1.36 bits per heavy atom. The lowest BCUT2D eigenvalue weighted by atomic mass is 10.2. The van der Waals surface area contributed by atoms with E-state index in [9.17, 15) is 4.79 Å². The second kappa shape index (κ2) is 5.95. The van der Waals surface area contributed by atoms with Crippen LogP contribution in [0.25, 0.3) is 0 Å². The lowest BCUT2D eigenvalue weighted by molar-refractivity contribution is 0.317. The van der Waals surface area contributed by atoms with E-state index in [0.717, 1.165) is 24.3 Å². The van der Waals surface area contributed by atoms with Crippen molar-refractivity contribution in [3.8, 4) is 5.75 Å². The molecule has 0 N–H and O–H groups in total. The highest BCUT2D eigenvalue weighted by molar-refractivity contribution is 5.34. The predicted molar refractivity (Wildman–Crippen MR) is 54.1 cm³/mol. The normalized spacial score (nSPS) is 9.21. The molecule has 3 heteroatoms. The van der Waals surface area contributed by atoms with Gasteiger partial charge in [-0.1, -0.05) is 19.1 Å². The minimum absolute atomic E-state index is 0.386. The Balaban J connectivity index is 2.54. The molecule has 14 heavy (non-hydrogen) atoms. The predicted octanol–water partition coefficient (Wildman–Crippen LogP) is 2.31. The Morgan fingerprint density at radius 2 is 2.07 bits per heavy atom. The summed E-state index contributed by atoms with van der Waals surface area (Å²) in [5, 5.41) is 0. The first kappa shape index (κ1) is 10.5. The molecule has 0 radical (unpaired) electrons. The van der Waals surface area contributed by atoms with Gasteiger partial charge in [-0.05, 0) is 24.1 Å². The highest BCUT2D eigenvalue weighted by Gasteiger charge is 1.93. The summed E-state index contributed by atoms with van der Waals surface area (Å²) in [6, 6.07) is 7.55. The third kappa shape index (κ3) is 3.42. The van der Waals surface area contributed by atoms with Crippen LogP contribution in [0.3, 0.4) is 0 Å². The molecule has 0 unspecified atom stereocenters. The number of hydrogen-bond acceptors (Lipinski definition) is 3. The molecule has 1 rings (SSSR count). The number of rotatable bonds is 5. The van der Waals surface area contributed by atoms with Gasteiger partial charge in [-0.15, -0.1) is 0 Å². The van der Waals surface area contributed by atoms with Crippen LogP contribution in [0.2, 0.25) is 0 Å². The number of isocyanates is 1. The Kier molecular flexibility index (Phi) is 4.45. The first-order valence-electron chi connectivity index (χ1n) is 4.62. The molecule has 0 aliphatic carbocycles. The van der Waals surface area contributed by atoms with Crippen LogP contribution in [-0.2, 0) is 11.3 Å². The van der Waals surface area contributed by atoms with Crippen LogP contribution in [-0.4, -0.2) is 12.7 Å². The van der Waals surface area contributed by atoms with Gasteiger partial charge in [0, 0.05) is 0 Å². The van der Waals surface area contributed by atoms with E-state index < -0.39 is 0 Å². The number of ether oxygens (including phenoxy) is 1. The van der Waals surface area contributed by atoms with Crippen molar-refractivity contribution in [1.29, 1.82) is 0 Å². The van der Waals surface area contributed by atoms with Crippen molar-refractivity contribution < 1.29 is 9.53 Å². The van der Waals surface area contributed by atoms with E-state index >= 15 is 0 Å². The van der Waals surface area contributed by atoms with E-state index in [-0.39, 0.29) is 0 Å².